The molecule has 0 aromatic rings. The first-order valence-corrected chi connectivity index (χ1v) is 6.33. The van der Waals surface area contributed by atoms with Crippen molar-refractivity contribution in [2.24, 2.45) is 0 Å². The Morgan fingerprint density at radius 3 is 2.26 bits per heavy atom. The van der Waals surface area contributed by atoms with Crippen molar-refractivity contribution in [3.05, 3.63) is 0 Å². The highest BCUT2D eigenvalue weighted by molar-refractivity contribution is 5.85. The number of amides is 3. The van der Waals surface area contributed by atoms with Crippen LogP contribution in [0.1, 0.15) is 27.2 Å². The Morgan fingerprint density at radius 1 is 1.26 bits per heavy atom. The van der Waals surface area contributed by atoms with Crippen LogP contribution in [-0.4, -0.2) is 65.5 Å². The zero-order chi connectivity index (χ0) is 15.0. The first-order chi connectivity index (χ1) is 8.83. The first-order valence-electron chi connectivity index (χ1n) is 6.33. The van der Waals surface area contributed by atoms with Crippen LogP contribution >= 0.6 is 0 Å². The summed E-state index contributed by atoms with van der Waals surface area (Å²) in [6.07, 6.45) is 0.642. The molecule has 1 atom stereocenters. The van der Waals surface area contributed by atoms with E-state index in [4.69, 9.17) is 5.11 Å². The fraction of sp³-hybridized carbons (Fsp3) is 0.750. The smallest absolute Gasteiger partial charge is 0.323 e. The molecule has 19 heavy (non-hydrogen) atoms. The summed E-state index contributed by atoms with van der Waals surface area (Å²) in [4.78, 5) is 36.8. The molecule has 2 N–H and O–H groups in total. The van der Waals surface area contributed by atoms with Gasteiger partial charge in [-0.05, 0) is 20.3 Å². The molecule has 0 aromatic carbocycles. The summed E-state index contributed by atoms with van der Waals surface area (Å²) < 4.78 is 0. The van der Waals surface area contributed by atoms with Crippen molar-refractivity contribution in [3.8, 4) is 0 Å². The highest BCUT2D eigenvalue weighted by atomic mass is 16.4. The van der Waals surface area contributed by atoms with Gasteiger partial charge in [-0.15, -0.1) is 0 Å². The van der Waals surface area contributed by atoms with Gasteiger partial charge in [0, 0.05) is 19.6 Å². The maximum absolute atomic E-state index is 11.9. The molecule has 3 amide bonds. The van der Waals surface area contributed by atoms with E-state index in [9.17, 15) is 14.4 Å². The summed E-state index contributed by atoms with van der Waals surface area (Å²) in [5, 5.41) is 11.2. The van der Waals surface area contributed by atoms with E-state index in [-0.39, 0.29) is 25.0 Å². The van der Waals surface area contributed by atoms with Gasteiger partial charge in [0.25, 0.3) is 0 Å². The highest BCUT2D eigenvalue weighted by Crippen LogP contribution is 2.03. The molecule has 0 radical (unpaired) electrons. The normalized spacial score (nSPS) is 11.6. The van der Waals surface area contributed by atoms with Crippen LogP contribution in [0.3, 0.4) is 0 Å². The predicted molar refractivity (Wildman–Crippen MR) is 70.8 cm³/mol. The van der Waals surface area contributed by atoms with Gasteiger partial charge in [-0.25, -0.2) is 4.79 Å². The van der Waals surface area contributed by atoms with Crippen LogP contribution in [-0.2, 0) is 9.59 Å². The standard InChI is InChI=1S/C12H23N3O4/c1-5-9(3)15(8-11(17)18)12(19)13-7-10(16)14(4)6-2/h9H,5-8H2,1-4H3,(H,13,19)(H,17,18). The molecule has 0 spiro atoms. The number of urea groups is 1. The minimum Gasteiger partial charge on any atom is -0.480 e. The number of aliphatic carboxylic acids is 1. The molecule has 0 aliphatic carbocycles. The Bertz CT molecular complexity index is 333. The van der Waals surface area contributed by atoms with Gasteiger partial charge in [0.1, 0.15) is 6.54 Å². The first kappa shape index (κ1) is 17.2. The van der Waals surface area contributed by atoms with E-state index in [1.54, 1.807) is 14.0 Å². The monoisotopic (exact) mass is 273 g/mol. The second-order valence-electron chi connectivity index (χ2n) is 4.35. The van der Waals surface area contributed by atoms with E-state index in [1.165, 1.54) is 9.80 Å². The second-order valence-corrected chi connectivity index (χ2v) is 4.35. The highest BCUT2D eigenvalue weighted by Gasteiger charge is 2.22. The summed E-state index contributed by atoms with van der Waals surface area (Å²) in [6.45, 7) is 5.51. The SMILES string of the molecule is CCC(C)N(CC(=O)O)C(=O)NCC(=O)N(C)CC. The lowest BCUT2D eigenvalue weighted by molar-refractivity contribution is -0.138. The van der Waals surface area contributed by atoms with E-state index in [2.05, 4.69) is 5.32 Å². The van der Waals surface area contributed by atoms with E-state index in [0.29, 0.717) is 13.0 Å². The van der Waals surface area contributed by atoms with E-state index in [0.717, 1.165) is 0 Å². The molecular weight excluding hydrogens is 250 g/mol. The van der Waals surface area contributed by atoms with Crippen molar-refractivity contribution in [2.75, 3.05) is 26.7 Å². The van der Waals surface area contributed by atoms with Crippen molar-refractivity contribution in [1.29, 1.82) is 0 Å². The molecule has 0 heterocycles. The largest absolute Gasteiger partial charge is 0.480 e. The van der Waals surface area contributed by atoms with Gasteiger partial charge in [-0.1, -0.05) is 6.92 Å². The molecular formula is C12H23N3O4. The third kappa shape index (κ3) is 6.08. The average Bonchev–Trinajstić information content (AvgIpc) is 2.39. The van der Waals surface area contributed by atoms with Gasteiger partial charge in [0.2, 0.25) is 5.91 Å². The minimum absolute atomic E-state index is 0.129. The van der Waals surface area contributed by atoms with Crippen LogP contribution in [0.25, 0.3) is 0 Å². The van der Waals surface area contributed by atoms with Crippen molar-refractivity contribution in [1.82, 2.24) is 15.1 Å². The van der Waals surface area contributed by atoms with Crippen molar-refractivity contribution < 1.29 is 19.5 Å². The Morgan fingerprint density at radius 2 is 1.84 bits per heavy atom. The Hall–Kier alpha value is -1.79. The van der Waals surface area contributed by atoms with E-state index in [1.807, 2.05) is 13.8 Å². The fourth-order valence-electron chi connectivity index (χ4n) is 1.36. The molecule has 0 saturated carbocycles. The maximum Gasteiger partial charge on any atom is 0.323 e. The van der Waals surface area contributed by atoms with Crippen molar-refractivity contribution in [2.45, 2.75) is 33.2 Å². The number of carboxylic acid groups (broad SMARTS) is 1. The minimum atomic E-state index is -1.08. The number of hydrogen-bond acceptors (Lipinski definition) is 3. The Kier molecular flexibility index (Phi) is 7.55. The lowest BCUT2D eigenvalue weighted by Gasteiger charge is -2.27. The van der Waals surface area contributed by atoms with Crippen molar-refractivity contribution >= 4 is 17.9 Å². The molecule has 0 aliphatic heterocycles. The molecule has 7 heteroatoms. The summed E-state index contributed by atoms with van der Waals surface area (Å²) >= 11 is 0. The third-order valence-corrected chi connectivity index (χ3v) is 2.98. The molecule has 0 saturated heterocycles. The molecule has 7 nitrogen and oxygen atoms in total. The number of likely N-dealkylation sites (N-methyl/N-ethyl adjacent to an activating group) is 1. The summed E-state index contributed by atoms with van der Waals surface area (Å²) in [5.74, 6) is -1.29. The molecule has 0 rings (SSSR count). The lowest BCUT2D eigenvalue weighted by Crippen LogP contribution is -2.49. The maximum atomic E-state index is 11.9. The zero-order valence-electron chi connectivity index (χ0n) is 12.0. The van der Waals surface area contributed by atoms with Crippen molar-refractivity contribution in [3.63, 3.8) is 0 Å². The van der Waals surface area contributed by atoms with Gasteiger partial charge in [0.05, 0.1) is 6.54 Å². The van der Waals surface area contributed by atoms with Gasteiger partial charge in [-0.2, -0.15) is 0 Å². The topological polar surface area (TPSA) is 90.0 Å². The average molecular weight is 273 g/mol. The number of carboxylic acids is 1. The summed E-state index contributed by atoms with van der Waals surface area (Å²) in [7, 11) is 1.64. The van der Waals surface area contributed by atoms with Crippen LogP contribution < -0.4 is 5.32 Å². The molecule has 0 fully saturated rings. The molecule has 0 bridgehead atoms. The quantitative estimate of drug-likeness (QED) is 0.700. The summed E-state index contributed by atoms with van der Waals surface area (Å²) in [6, 6.07) is -0.732. The molecule has 0 aromatic heterocycles. The van der Waals surface area contributed by atoms with Crippen LogP contribution in [0.5, 0.6) is 0 Å². The number of hydrogen-bond donors (Lipinski definition) is 2. The molecule has 0 aliphatic rings. The lowest BCUT2D eigenvalue weighted by atomic mass is 10.2. The predicted octanol–water partition coefficient (Wildman–Crippen LogP) is 0.359. The second kappa shape index (κ2) is 8.34. The fourth-order valence-corrected chi connectivity index (χ4v) is 1.36. The van der Waals surface area contributed by atoms with Crippen LogP contribution in [0.15, 0.2) is 0 Å². The third-order valence-electron chi connectivity index (χ3n) is 2.98. The van der Waals surface area contributed by atoms with Crippen LogP contribution in [0.4, 0.5) is 4.79 Å². The number of rotatable bonds is 7. The Balaban J connectivity index is 4.48. The zero-order valence-corrected chi connectivity index (χ0v) is 12.0. The van der Waals surface area contributed by atoms with Gasteiger partial charge in [0.15, 0.2) is 0 Å². The number of nitrogens with one attached hydrogen (secondary N) is 1. The Labute approximate surface area is 113 Å². The van der Waals surface area contributed by atoms with Gasteiger partial charge >= 0.3 is 12.0 Å². The number of carbonyl (C=O) groups excluding carboxylic acids is 2. The van der Waals surface area contributed by atoms with Gasteiger partial charge < -0.3 is 20.2 Å². The molecule has 110 valence electrons. The van der Waals surface area contributed by atoms with Crippen LogP contribution in [0.2, 0.25) is 0 Å². The van der Waals surface area contributed by atoms with Gasteiger partial charge in [-0.3, -0.25) is 9.59 Å². The summed E-state index contributed by atoms with van der Waals surface area (Å²) in [5.41, 5.74) is 0. The van der Waals surface area contributed by atoms with E-state index >= 15 is 0 Å². The van der Waals surface area contributed by atoms with Crippen LogP contribution in [0, 0.1) is 0 Å². The van der Waals surface area contributed by atoms with E-state index < -0.39 is 12.0 Å². The number of nitrogens with zero attached hydrogens (tertiary/aromatic N) is 2. The number of carbonyl (C=O) groups is 3. The molecule has 1 unspecified atom stereocenters.